The lowest BCUT2D eigenvalue weighted by Gasteiger charge is -2.42. The van der Waals surface area contributed by atoms with Gasteiger partial charge in [-0.1, -0.05) is 25.3 Å². The van der Waals surface area contributed by atoms with E-state index in [-0.39, 0.29) is 11.8 Å². The maximum absolute atomic E-state index is 12.7. The van der Waals surface area contributed by atoms with E-state index in [9.17, 15) is 9.59 Å². The Bertz CT molecular complexity index is 625. The van der Waals surface area contributed by atoms with Crippen molar-refractivity contribution in [3.63, 3.8) is 0 Å². The van der Waals surface area contributed by atoms with Gasteiger partial charge in [0, 0.05) is 32.7 Å². The zero-order valence-electron chi connectivity index (χ0n) is 15.4. The summed E-state index contributed by atoms with van der Waals surface area (Å²) in [5, 5.41) is 1.93. The van der Waals surface area contributed by atoms with Crippen LogP contribution in [-0.4, -0.2) is 72.3 Å². The summed E-state index contributed by atoms with van der Waals surface area (Å²) in [6.07, 6.45) is 6.77. The minimum atomic E-state index is 0.103. The highest BCUT2D eigenvalue weighted by Gasteiger charge is 2.33. The van der Waals surface area contributed by atoms with E-state index in [2.05, 4.69) is 4.90 Å². The highest BCUT2D eigenvalue weighted by atomic mass is 32.1. The van der Waals surface area contributed by atoms with E-state index in [1.807, 2.05) is 27.3 Å². The molecule has 0 unspecified atom stereocenters. The maximum Gasteiger partial charge on any atom is 0.264 e. The summed E-state index contributed by atoms with van der Waals surface area (Å²) in [5.41, 5.74) is 0. The number of rotatable bonds is 3. The fraction of sp³-hybridized carbons (Fsp3) is 0.700. The fourth-order valence-electron chi connectivity index (χ4n) is 4.83. The lowest BCUT2D eigenvalue weighted by atomic mass is 9.75. The van der Waals surface area contributed by atoms with Gasteiger partial charge in [-0.3, -0.25) is 14.5 Å². The SMILES string of the molecule is O=C(CN1CC[C@H]2CCCC[C@H]2C1)N1CCN(C(=O)c2cccs2)CC1. The average Bonchev–Trinajstić information content (AvgIpc) is 3.22. The number of fused-ring (bicyclic) bond motifs is 1. The standard InChI is InChI=1S/C20H29N3O2S/c24-19(15-21-8-7-16-4-1-2-5-17(16)14-21)22-9-11-23(12-10-22)20(25)18-6-3-13-26-18/h3,6,13,16-17H,1-2,4-5,7-12,14-15H2/t16-,17+/m1/s1. The molecule has 1 aromatic heterocycles. The number of likely N-dealkylation sites (tertiary alicyclic amines) is 1. The van der Waals surface area contributed by atoms with Crippen molar-refractivity contribution in [1.29, 1.82) is 0 Å². The molecular weight excluding hydrogens is 346 g/mol. The van der Waals surface area contributed by atoms with E-state index in [0.29, 0.717) is 32.7 Å². The normalized spacial score (nSPS) is 27.2. The van der Waals surface area contributed by atoms with Crippen LogP contribution in [0.5, 0.6) is 0 Å². The van der Waals surface area contributed by atoms with Crippen molar-refractivity contribution in [3.05, 3.63) is 22.4 Å². The number of hydrogen-bond acceptors (Lipinski definition) is 4. The van der Waals surface area contributed by atoms with Crippen LogP contribution in [0.15, 0.2) is 17.5 Å². The van der Waals surface area contributed by atoms with Crippen LogP contribution >= 0.6 is 11.3 Å². The van der Waals surface area contributed by atoms with Gasteiger partial charge in [0.1, 0.15) is 0 Å². The van der Waals surface area contributed by atoms with Crippen molar-refractivity contribution in [3.8, 4) is 0 Å². The second kappa shape index (κ2) is 8.09. The zero-order chi connectivity index (χ0) is 17.9. The van der Waals surface area contributed by atoms with E-state index in [1.54, 1.807) is 0 Å². The van der Waals surface area contributed by atoms with Crippen molar-refractivity contribution in [2.45, 2.75) is 32.1 Å². The van der Waals surface area contributed by atoms with Gasteiger partial charge < -0.3 is 9.80 Å². The quantitative estimate of drug-likeness (QED) is 0.815. The van der Waals surface area contributed by atoms with Crippen molar-refractivity contribution < 1.29 is 9.59 Å². The summed E-state index contributed by atoms with van der Waals surface area (Å²) in [4.78, 5) is 32.1. The van der Waals surface area contributed by atoms with Gasteiger partial charge in [0.25, 0.3) is 5.91 Å². The molecular formula is C20H29N3O2S. The summed E-state index contributed by atoms with van der Waals surface area (Å²) in [5.74, 6) is 2.06. The number of carbonyl (C=O) groups excluding carboxylic acids is 2. The molecule has 26 heavy (non-hydrogen) atoms. The van der Waals surface area contributed by atoms with E-state index < -0.39 is 0 Å². The third kappa shape index (κ3) is 3.96. The van der Waals surface area contributed by atoms with E-state index >= 15 is 0 Å². The first-order valence-corrected chi connectivity index (χ1v) is 10.9. The maximum atomic E-state index is 12.7. The average molecular weight is 376 g/mol. The Morgan fingerprint density at radius 1 is 0.962 bits per heavy atom. The fourth-order valence-corrected chi connectivity index (χ4v) is 5.52. The molecule has 4 rings (SSSR count). The number of amides is 2. The Hall–Kier alpha value is -1.40. The van der Waals surface area contributed by atoms with Gasteiger partial charge in [-0.25, -0.2) is 0 Å². The summed E-state index contributed by atoms with van der Waals surface area (Å²) < 4.78 is 0. The smallest absolute Gasteiger partial charge is 0.264 e. The van der Waals surface area contributed by atoms with Gasteiger partial charge >= 0.3 is 0 Å². The van der Waals surface area contributed by atoms with Crippen molar-refractivity contribution in [1.82, 2.24) is 14.7 Å². The topological polar surface area (TPSA) is 43.9 Å². The lowest BCUT2D eigenvalue weighted by Crippen LogP contribution is -2.53. The molecule has 5 nitrogen and oxygen atoms in total. The minimum absolute atomic E-state index is 0.103. The molecule has 0 bridgehead atoms. The Balaban J connectivity index is 1.24. The molecule has 3 aliphatic rings. The van der Waals surface area contributed by atoms with Crippen LogP contribution in [0.4, 0.5) is 0 Å². The Labute approximate surface area is 159 Å². The number of hydrogen-bond donors (Lipinski definition) is 0. The van der Waals surface area contributed by atoms with Crippen molar-refractivity contribution >= 4 is 23.2 Å². The molecule has 2 atom stereocenters. The number of carbonyl (C=O) groups is 2. The zero-order valence-corrected chi connectivity index (χ0v) is 16.3. The molecule has 2 aliphatic heterocycles. The molecule has 0 aromatic carbocycles. The minimum Gasteiger partial charge on any atom is -0.338 e. The molecule has 0 N–H and O–H groups in total. The van der Waals surface area contributed by atoms with Crippen LogP contribution in [0.3, 0.4) is 0 Å². The van der Waals surface area contributed by atoms with E-state index in [1.165, 1.54) is 43.4 Å². The van der Waals surface area contributed by atoms with Crippen LogP contribution in [0, 0.1) is 11.8 Å². The summed E-state index contributed by atoms with van der Waals surface area (Å²) in [6, 6.07) is 3.78. The van der Waals surface area contributed by atoms with Gasteiger partial charge in [-0.05, 0) is 42.7 Å². The largest absolute Gasteiger partial charge is 0.338 e. The molecule has 1 saturated carbocycles. The van der Waals surface area contributed by atoms with Crippen LogP contribution in [0.2, 0.25) is 0 Å². The molecule has 3 fully saturated rings. The molecule has 0 spiro atoms. The summed E-state index contributed by atoms with van der Waals surface area (Å²) >= 11 is 1.49. The van der Waals surface area contributed by atoms with Crippen LogP contribution in [0.25, 0.3) is 0 Å². The second-order valence-corrected chi connectivity index (χ2v) is 8.93. The molecule has 142 valence electrons. The Morgan fingerprint density at radius 3 is 2.42 bits per heavy atom. The first kappa shape index (κ1) is 18.0. The molecule has 6 heteroatoms. The predicted molar refractivity (Wildman–Crippen MR) is 103 cm³/mol. The third-order valence-corrected chi connectivity index (χ3v) is 7.24. The highest BCUT2D eigenvalue weighted by Crippen LogP contribution is 2.35. The summed E-state index contributed by atoms with van der Waals surface area (Å²) in [6.45, 7) is 5.35. The highest BCUT2D eigenvalue weighted by molar-refractivity contribution is 7.12. The lowest BCUT2D eigenvalue weighted by molar-refractivity contribution is -0.134. The first-order chi connectivity index (χ1) is 12.7. The van der Waals surface area contributed by atoms with Crippen LogP contribution < -0.4 is 0 Å². The number of thiophene rings is 1. The first-order valence-electron chi connectivity index (χ1n) is 10.0. The Kier molecular flexibility index (Phi) is 5.60. The van der Waals surface area contributed by atoms with Gasteiger partial charge in [0.15, 0.2) is 0 Å². The van der Waals surface area contributed by atoms with Crippen LogP contribution in [-0.2, 0) is 4.79 Å². The van der Waals surface area contributed by atoms with Crippen molar-refractivity contribution in [2.24, 2.45) is 11.8 Å². The molecule has 3 heterocycles. The van der Waals surface area contributed by atoms with Crippen LogP contribution in [0.1, 0.15) is 41.8 Å². The molecule has 1 aromatic rings. The number of nitrogens with zero attached hydrogens (tertiary/aromatic N) is 3. The predicted octanol–water partition coefficient (Wildman–Crippen LogP) is 2.54. The van der Waals surface area contributed by atoms with E-state index in [4.69, 9.17) is 0 Å². The molecule has 1 aliphatic carbocycles. The third-order valence-electron chi connectivity index (χ3n) is 6.39. The second-order valence-electron chi connectivity index (χ2n) is 7.98. The monoisotopic (exact) mass is 375 g/mol. The molecule has 2 saturated heterocycles. The Morgan fingerprint density at radius 2 is 1.69 bits per heavy atom. The molecule has 0 radical (unpaired) electrons. The molecule has 2 amide bonds. The van der Waals surface area contributed by atoms with Gasteiger partial charge in [0.05, 0.1) is 11.4 Å². The number of piperazine rings is 1. The summed E-state index contributed by atoms with van der Waals surface area (Å²) in [7, 11) is 0. The van der Waals surface area contributed by atoms with Gasteiger partial charge in [0.2, 0.25) is 5.91 Å². The van der Waals surface area contributed by atoms with Gasteiger partial charge in [-0.2, -0.15) is 0 Å². The van der Waals surface area contributed by atoms with Gasteiger partial charge in [-0.15, -0.1) is 11.3 Å². The van der Waals surface area contributed by atoms with E-state index in [0.717, 1.165) is 29.8 Å². The van der Waals surface area contributed by atoms with Crippen molar-refractivity contribution in [2.75, 3.05) is 45.8 Å². The number of piperidine rings is 1.